The Kier molecular flexibility index (Phi) is 5.42. The van der Waals surface area contributed by atoms with Gasteiger partial charge in [0, 0.05) is 43.5 Å². The molecule has 0 saturated carbocycles. The van der Waals surface area contributed by atoms with Crippen molar-refractivity contribution >= 4 is 28.2 Å². The summed E-state index contributed by atoms with van der Waals surface area (Å²) in [4.78, 5) is 7.68. The zero-order valence-electron chi connectivity index (χ0n) is 9.78. The van der Waals surface area contributed by atoms with Gasteiger partial charge in [0.05, 0.1) is 0 Å². The number of nitrogens with zero attached hydrogens (tertiary/aromatic N) is 2. The molecule has 0 spiro atoms. The van der Waals surface area contributed by atoms with Crippen LogP contribution >= 0.6 is 23.1 Å². The van der Waals surface area contributed by atoms with Gasteiger partial charge in [-0.05, 0) is 13.2 Å². The molecular weight excluding hydrogens is 226 g/mol. The molecule has 3 nitrogen and oxygen atoms in total. The minimum absolute atomic E-state index is 0.560. The van der Waals surface area contributed by atoms with Gasteiger partial charge in [0.25, 0.3) is 0 Å². The summed E-state index contributed by atoms with van der Waals surface area (Å²) in [6.07, 6.45) is 4.09. The number of aromatic nitrogens is 1. The van der Waals surface area contributed by atoms with E-state index < -0.39 is 0 Å². The van der Waals surface area contributed by atoms with Crippen LogP contribution in [0.1, 0.15) is 11.8 Å². The molecule has 1 rings (SSSR count). The third-order valence-electron chi connectivity index (χ3n) is 1.97. The topological polar surface area (TPSA) is 28.2 Å². The van der Waals surface area contributed by atoms with E-state index in [1.54, 1.807) is 11.3 Å². The van der Waals surface area contributed by atoms with Gasteiger partial charge in [-0.25, -0.2) is 4.98 Å². The zero-order valence-corrected chi connectivity index (χ0v) is 11.4. The molecule has 0 bridgehead atoms. The number of anilines is 1. The SMILES string of the molecule is CSCC(C)NCc1cnc(N(C)C)s1. The average molecular weight is 245 g/mol. The van der Waals surface area contributed by atoms with Gasteiger partial charge in [-0.15, -0.1) is 11.3 Å². The molecule has 1 heterocycles. The van der Waals surface area contributed by atoms with E-state index in [1.165, 1.54) is 4.88 Å². The number of thioether (sulfide) groups is 1. The standard InChI is InChI=1S/C10H19N3S2/c1-8(7-14-4)11-5-9-6-12-10(15-9)13(2)3/h6,8,11H,5,7H2,1-4H3. The highest BCUT2D eigenvalue weighted by atomic mass is 32.2. The molecule has 1 aromatic heterocycles. The molecule has 1 atom stereocenters. The number of nitrogens with one attached hydrogen (secondary N) is 1. The normalized spacial score (nSPS) is 12.8. The van der Waals surface area contributed by atoms with Gasteiger partial charge < -0.3 is 10.2 Å². The van der Waals surface area contributed by atoms with Gasteiger partial charge in [-0.3, -0.25) is 0 Å². The van der Waals surface area contributed by atoms with E-state index in [9.17, 15) is 0 Å². The van der Waals surface area contributed by atoms with Crippen LogP contribution in [0.3, 0.4) is 0 Å². The lowest BCUT2D eigenvalue weighted by atomic mass is 10.4. The second kappa shape index (κ2) is 6.35. The fourth-order valence-corrected chi connectivity index (χ4v) is 2.57. The van der Waals surface area contributed by atoms with E-state index in [-0.39, 0.29) is 0 Å². The smallest absolute Gasteiger partial charge is 0.185 e. The third-order valence-corrected chi connectivity index (χ3v) is 3.96. The molecule has 0 amide bonds. The third kappa shape index (κ3) is 4.40. The Morgan fingerprint density at radius 3 is 2.87 bits per heavy atom. The predicted molar refractivity (Wildman–Crippen MR) is 71.1 cm³/mol. The molecule has 0 fully saturated rings. The predicted octanol–water partition coefficient (Wildman–Crippen LogP) is 2.05. The van der Waals surface area contributed by atoms with Crippen molar-refractivity contribution in [2.75, 3.05) is 31.0 Å². The van der Waals surface area contributed by atoms with Crippen LogP contribution in [-0.2, 0) is 6.54 Å². The summed E-state index contributed by atoms with van der Waals surface area (Å²) < 4.78 is 0. The molecule has 86 valence electrons. The van der Waals surface area contributed by atoms with Crippen molar-refractivity contribution in [2.24, 2.45) is 0 Å². The highest BCUT2D eigenvalue weighted by Gasteiger charge is 2.05. The number of hydrogen-bond acceptors (Lipinski definition) is 5. The summed E-state index contributed by atoms with van der Waals surface area (Å²) >= 11 is 3.62. The number of thiazole rings is 1. The maximum atomic E-state index is 4.34. The van der Waals surface area contributed by atoms with Crippen LogP contribution in [0, 0.1) is 0 Å². The average Bonchev–Trinajstić information content (AvgIpc) is 2.63. The fourth-order valence-electron chi connectivity index (χ4n) is 1.17. The van der Waals surface area contributed by atoms with Crippen LogP contribution in [0.15, 0.2) is 6.20 Å². The Morgan fingerprint density at radius 1 is 1.60 bits per heavy atom. The Bertz CT molecular complexity index is 286. The molecule has 5 heteroatoms. The molecule has 0 aliphatic rings. The highest BCUT2D eigenvalue weighted by molar-refractivity contribution is 7.98. The van der Waals surface area contributed by atoms with Crippen molar-refractivity contribution in [1.82, 2.24) is 10.3 Å². The van der Waals surface area contributed by atoms with Crippen LogP contribution in [0.25, 0.3) is 0 Å². The van der Waals surface area contributed by atoms with Crippen molar-refractivity contribution < 1.29 is 0 Å². The second-order valence-corrected chi connectivity index (χ2v) is 5.75. The van der Waals surface area contributed by atoms with Crippen molar-refractivity contribution in [3.05, 3.63) is 11.1 Å². The van der Waals surface area contributed by atoms with Gasteiger partial charge in [-0.1, -0.05) is 0 Å². The van der Waals surface area contributed by atoms with Crippen molar-refractivity contribution in [3.8, 4) is 0 Å². The molecule has 0 radical (unpaired) electrons. The molecule has 0 saturated heterocycles. The first-order valence-electron chi connectivity index (χ1n) is 4.98. The van der Waals surface area contributed by atoms with E-state index in [4.69, 9.17) is 0 Å². The first-order chi connectivity index (χ1) is 7.13. The quantitative estimate of drug-likeness (QED) is 0.830. The molecule has 0 aromatic carbocycles. The van der Waals surface area contributed by atoms with E-state index in [0.29, 0.717) is 6.04 Å². The van der Waals surface area contributed by atoms with Crippen molar-refractivity contribution in [3.63, 3.8) is 0 Å². The molecule has 0 aliphatic heterocycles. The maximum absolute atomic E-state index is 4.34. The van der Waals surface area contributed by atoms with E-state index in [2.05, 4.69) is 23.5 Å². The van der Waals surface area contributed by atoms with Gasteiger partial charge >= 0.3 is 0 Å². The van der Waals surface area contributed by atoms with Crippen molar-refractivity contribution in [1.29, 1.82) is 0 Å². The van der Waals surface area contributed by atoms with Gasteiger partial charge in [0.1, 0.15) is 0 Å². The van der Waals surface area contributed by atoms with Gasteiger partial charge in [0.15, 0.2) is 5.13 Å². The monoisotopic (exact) mass is 245 g/mol. The first kappa shape index (κ1) is 12.8. The van der Waals surface area contributed by atoms with Crippen LogP contribution in [0.5, 0.6) is 0 Å². The zero-order chi connectivity index (χ0) is 11.3. The number of hydrogen-bond donors (Lipinski definition) is 1. The minimum atomic E-state index is 0.560. The largest absolute Gasteiger partial charge is 0.354 e. The molecule has 1 aromatic rings. The molecule has 0 aliphatic carbocycles. The summed E-state index contributed by atoms with van der Waals surface area (Å²) in [5.41, 5.74) is 0. The van der Waals surface area contributed by atoms with E-state index in [1.807, 2.05) is 37.0 Å². The molecule has 1 unspecified atom stereocenters. The lowest BCUT2D eigenvalue weighted by molar-refractivity contribution is 0.600. The summed E-state index contributed by atoms with van der Waals surface area (Å²) in [5, 5.41) is 4.56. The Balaban J connectivity index is 2.37. The fraction of sp³-hybridized carbons (Fsp3) is 0.700. The summed E-state index contributed by atoms with van der Waals surface area (Å²) in [5.74, 6) is 1.15. The summed E-state index contributed by atoms with van der Waals surface area (Å²) in [7, 11) is 4.04. The van der Waals surface area contributed by atoms with Crippen LogP contribution < -0.4 is 10.2 Å². The molecular formula is C10H19N3S2. The van der Waals surface area contributed by atoms with Gasteiger partial charge in [-0.2, -0.15) is 11.8 Å². The van der Waals surface area contributed by atoms with Gasteiger partial charge in [0.2, 0.25) is 0 Å². The van der Waals surface area contributed by atoms with E-state index >= 15 is 0 Å². The molecule has 15 heavy (non-hydrogen) atoms. The van der Waals surface area contributed by atoms with Crippen LogP contribution in [0.2, 0.25) is 0 Å². The van der Waals surface area contributed by atoms with Crippen molar-refractivity contribution in [2.45, 2.75) is 19.5 Å². The van der Waals surface area contributed by atoms with E-state index in [0.717, 1.165) is 17.4 Å². The minimum Gasteiger partial charge on any atom is -0.354 e. The maximum Gasteiger partial charge on any atom is 0.185 e. The van der Waals surface area contributed by atoms with Crippen LogP contribution in [0.4, 0.5) is 5.13 Å². The van der Waals surface area contributed by atoms with Crippen LogP contribution in [-0.4, -0.2) is 37.1 Å². The lowest BCUT2D eigenvalue weighted by Crippen LogP contribution is -2.27. The molecule has 1 N–H and O–H groups in total. The Morgan fingerprint density at radius 2 is 2.33 bits per heavy atom. The Hall–Kier alpha value is -0.260. The highest BCUT2D eigenvalue weighted by Crippen LogP contribution is 2.20. The lowest BCUT2D eigenvalue weighted by Gasteiger charge is -2.10. The summed E-state index contributed by atoms with van der Waals surface area (Å²) in [6.45, 7) is 3.14. The second-order valence-electron chi connectivity index (χ2n) is 3.74. The number of rotatable bonds is 6. The Labute approximate surface area is 100 Å². The summed E-state index contributed by atoms with van der Waals surface area (Å²) in [6, 6.07) is 0.560. The first-order valence-corrected chi connectivity index (χ1v) is 7.19.